The zero-order valence-electron chi connectivity index (χ0n) is 7.40. The van der Waals surface area contributed by atoms with E-state index in [4.69, 9.17) is 11.0 Å². The molecule has 0 atom stereocenters. The first-order valence-corrected chi connectivity index (χ1v) is 4.87. The van der Waals surface area contributed by atoms with Crippen LogP contribution in [-0.4, -0.2) is 27.1 Å². The first kappa shape index (κ1) is 10.0. The number of hydrogen-bond donors (Lipinski definition) is 1. The van der Waals surface area contributed by atoms with Crippen molar-refractivity contribution in [1.29, 1.82) is 5.26 Å². The summed E-state index contributed by atoms with van der Waals surface area (Å²) in [5, 5.41) is 17.0. The summed E-state index contributed by atoms with van der Waals surface area (Å²) < 4.78 is 1.92. The summed E-state index contributed by atoms with van der Waals surface area (Å²) in [5.74, 6) is 1.23. The number of thioether (sulfide) groups is 1. The summed E-state index contributed by atoms with van der Waals surface area (Å²) >= 11 is 1.38. The molecule has 1 rings (SSSR count). The molecule has 6 heteroatoms. The second-order valence-electron chi connectivity index (χ2n) is 2.42. The maximum atomic E-state index is 8.40. The fourth-order valence-electron chi connectivity index (χ4n) is 0.952. The lowest BCUT2D eigenvalue weighted by Crippen LogP contribution is -2.12. The number of aromatic nitrogens is 3. The van der Waals surface area contributed by atoms with E-state index in [0.717, 1.165) is 11.0 Å². The maximum Gasteiger partial charge on any atom is 0.192 e. The molecule has 0 aliphatic carbocycles. The summed E-state index contributed by atoms with van der Waals surface area (Å²) in [5.41, 5.74) is 5.44. The highest BCUT2D eigenvalue weighted by molar-refractivity contribution is 7.99. The van der Waals surface area contributed by atoms with Crippen LogP contribution in [0, 0.1) is 18.3 Å². The van der Waals surface area contributed by atoms with Gasteiger partial charge in [-0.25, -0.2) is 0 Å². The van der Waals surface area contributed by atoms with E-state index in [1.54, 1.807) is 0 Å². The van der Waals surface area contributed by atoms with E-state index >= 15 is 0 Å². The minimum Gasteiger partial charge on any atom is -0.329 e. The topological polar surface area (TPSA) is 80.5 Å². The van der Waals surface area contributed by atoms with Gasteiger partial charge in [-0.3, -0.25) is 0 Å². The second kappa shape index (κ2) is 4.84. The summed E-state index contributed by atoms with van der Waals surface area (Å²) in [6.45, 7) is 3.13. The number of nitrogens with zero attached hydrogens (tertiary/aromatic N) is 4. The van der Waals surface area contributed by atoms with Crippen LogP contribution in [0.1, 0.15) is 5.82 Å². The molecule has 0 amide bonds. The van der Waals surface area contributed by atoms with Gasteiger partial charge >= 0.3 is 0 Å². The maximum absolute atomic E-state index is 8.40. The minimum absolute atomic E-state index is 0.392. The summed E-state index contributed by atoms with van der Waals surface area (Å²) in [6, 6.07) is 2.05. The third-order valence-electron chi connectivity index (χ3n) is 1.52. The van der Waals surface area contributed by atoms with Crippen molar-refractivity contribution in [2.45, 2.75) is 18.6 Å². The number of aryl methyl sites for hydroxylation is 1. The lowest BCUT2D eigenvalue weighted by atomic mass is 10.6. The van der Waals surface area contributed by atoms with E-state index in [9.17, 15) is 0 Å². The predicted molar refractivity (Wildman–Crippen MR) is 50.2 cm³/mol. The number of rotatable bonds is 4. The van der Waals surface area contributed by atoms with Crippen molar-refractivity contribution < 1.29 is 0 Å². The monoisotopic (exact) mass is 197 g/mol. The molecule has 0 spiro atoms. The molecule has 1 aromatic heterocycles. The highest BCUT2D eigenvalue weighted by Gasteiger charge is 2.07. The fraction of sp³-hybridized carbons (Fsp3) is 0.571. The lowest BCUT2D eigenvalue weighted by Gasteiger charge is -2.03. The average molecular weight is 197 g/mol. The smallest absolute Gasteiger partial charge is 0.192 e. The molecule has 13 heavy (non-hydrogen) atoms. The van der Waals surface area contributed by atoms with Crippen LogP contribution < -0.4 is 5.73 Å². The quantitative estimate of drug-likeness (QED) is 0.695. The Kier molecular flexibility index (Phi) is 3.73. The van der Waals surface area contributed by atoms with Crippen LogP contribution in [0.2, 0.25) is 0 Å². The van der Waals surface area contributed by atoms with Crippen molar-refractivity contribution >= 4 is 11.8 Å². The zero-order chi connectivity index (χ0) is 9.68. The lowest BCUT2D eigenvalue weighted by molar-refractivity contribution is 0.628. The highest BCUT2D eigenvalue weighted by atomic mass is 32.2. The van der Waals surface area contributed by atoms with Crippen molar-refractivity contribution in [3.05, 3.63) is 5.82 Å². The molecule has 0 aliphatic rings. The Morgan fingerprint density at radius 3 is 3.00 bits per heavy atom. The Bertz CT molecular complexity index is 313. The van der Waals surface area contributed by atoms with Gasteiger partial charge in [0.1, 0.15) is 5.82 Å². The zero-order valence-corrected chi connectivity index (χ0v) is 8.21. The normalized spacial score (nSPS) is 9.92. The first-order valence-electron chi connectivity index (χ1n) is 3.89. The minimum atomic E-state index is 0.392. The van der Waals surface area contributed by atoms with Crippen molar-refractivity contribution in [2.24, 2.45) is 5.73 Å². The molecular weight excluding hydrogens is 186 g/mol. The Morgan fingerprint density at radius 2 is 2.38 bits per heavy atom. The molecule has 0 saturated carbocycles. The van der Waals surface area contributed by atoms with E-state index in [-0.39, 0.29) is 0 Å². The Morgan fingerprint density at radius 1 is 1.62 bits per heavy atom. The molecule has 0 bridgehead atoms. The Balaban J connectivity index is 2.75. The van der Waals surface area contributed by atoms with Crippen LogP contribution in [-0.2, 0) is 6.54 Å². The van der Waals surface area contributed by atoms with Crippen LogP contribution in [0.15, 0.2) is 5.16 Å². The highest BCUT2D eigenvalue weighted by Crippen LogP contribution is 2.15. The fourth-order valence-corrected chi connectivity index (χ4v) is 1.62. The summed E-state index contributed by atoms with van der Waals surface area (Å²) in [7, 11) is 0. The van der Waals surface area contributed by atoms with Crippen LogP contribution in [0.4, 0.5) is 0 Å². The molecular formula is C7H11N5S. The molecule has 1 aromatic rings. The van der Waals surface area contributed by atoms with Gasteiger partial charge in [-0.1, -0.05) is 11.8 Å². The van der Waals surface area contributed by atoms with E-state index in [0.29, 0.717) is 18.8 Å². The molecule has 1 heterocycles. The largest absolute Gasteiger partial charge is 0.329 e. The van der Waals surface area contributed by atoms with Crippen molar-refractivity contribution in [3.8, 4) is 6.07 Å². The predicted octanol–water partition coefficient (Wildman–Crippen LogP) is 0.161. The molecule has 2 N–H and O–H groups in total. The van der Waals surface area contributed by atoms with E-state index < -0.39 is 0 Å². The van der Waals surface area contributed by atoms with Gasteiger partial charge in [0.25, 0.3) is 0 Å². The standard InChI is InChI=1S/C7H11N5S/c1-6-10-11-7(13-5-3-9)12(6)4-2-8/h2,4-5,8H2,1H3. The Hall–Kier alpha value is -1.06. The van der Waals surface area contributed by atoms with Crippen molar-refractivity contribution in [1.82, 2.24) is 14.8 Å². The van der Waals surface area contributed by atoms with Gasteiger partial charge in [-0.15, -0.1) is 10.2 Å². The SMILES string of the molecule is Cc1nnc(SCC#N)n1CCN. The molecule has 70 valence electrons. The molecule has 0 aromatic carbocycles. The van der Waals surface area contributed by atoms with Crippen LogP contribution >= 0.6 is 11.8 Å². The molecule has 0 aliphatic heterocycles. The summed E-state index contributed by atoms with van der Waals surface area (Å²) in [6.07, 6.45) is 0. The van der Waals surface area contributed by atoms with Gasteiger partial charge in [0.15, 0.2) is 5.16 Å². The third-order valence-corrected chi connectivity index (χ3v) is 2.35. The van der Waals surface area contributed by atoms with Gasteiger partial charge in [-0.2, -0.15) is 5.26 Å². The molecule has 0 saturated heterocycles. The van der Waals surface area contributed by atoms with Gasteiger partial charge in [0.2, 0.25) is 0 Å². The molecule has 0 radical (unpaired) electrons. The van der Waals surface area contributed by atoms with Crippen LogP contribution in [0.25, 0.3) is 0 Å². The molecule has 5 nitrogen and oxygen atoms in total. The number of hydrogen-bond acceptors (Lipinski definition) is 5. The first-order chi connectivity index (χ1) is 6.29. The number of nitrogens with two attached hydrogens (primary N) is 1. The van der Waals surface area contributed by atoms with Gasteiger partial charge < -0.3 is 10.3 Å². The molecule has 0 unspecified atom stereocenters. The van der Waals surface area contributed by atoms with E-state index in [1.807, 2.05) is 17.6 Å². The van der Waals surface area contributed by atoms with E-state index in [2.05, 4.69) is 10.2 Å². The van der Waals surface area contributed by atoms with Gasteiger partial charge in [-0.05, 0) is 6.92 Å². The van der Waals surface area contributed by atoms with Crippen LogP contribution in [0.5, 0.6) is 0 Å². The van der Waals surface area contributed by atoms with E-state index in [1.165, 1.54) is 11.8 Å². The van der Waals surface area contributed by atoms with Gasteiger partial charge in [0.05, 0.1) is 11.8 Å². The number of nitriles is 1. The Labute approximate surface area is 80.9 Å². The van der Waals surface area contributed by atoms with Crippen LogP contribution in [0.3, 0.4) is 0 Å². The third kappa shape index (κ3) is 2.44. The average Bonchev–Trinajstić information content (AvgIpc) is 2.46. The van der Waals surface area contributed by atoms with Crippen molar-refractivity contribution in [2.75, 3.05) is 12.3 Å². The summed E-state index contributed by atoms with van der Waals surface area (Å²) in [4.78, 5) is 0. The second-order valence-corrected chi connectivity index (χ2v) is 3.36. The van der Waals surface area contributed by atoms with Crippen molar-refractivity contribution in [3.63, 3.8) is 0 Å². The van der Waals surface area contributed by atoms with Gasteiger partial charge in [0, 0.05) is 13.1 Å². The molecule has 0 fully saturated rings.